The number of amides is 1. The van der Waals surface area contributed by atoms with Gasteiger partial charge >= 0.3 is 0 Å². The summed E-state index contributed by atoms with van der Waals surface area (Å²) < 4.78 is 5.19. The minimum Gasteiger partial charge on any atom is -0.507 e. The van der Waals surface area contributed by atoms with Crippen molar-refractivity contribution in [3.05, 3.63) is 105 Å². The number of rotatable bonds is 6. The van der Waals surface area contributed by atoms with Crippen LogP contribution in [-0.2, 0) is 16.1 Å². The number of carbonyl (C=O) groups excluding carboxylic acids is 2. The van der Waals surface area contributed by atoms with Crippen LogP contribution in [0.2, 0.25) is 0 Å². The highest BCUT2D eigenvalue weighted by Gasteiger charge is 2.46. The van der Waals surface area contributed by atoms with Gasteiger partial charge in [-0.1, -0.05) is 30.3 Å². The molecule has 1 fully saturated rings. The van der Waals surface area contributed by atoms with Gasteiger partial charge < -0.3 is 14.7 Å². The lowest BCUT2D eigenvalue weighted by atomic mass is 9.95. The number of hydrogen-bond donors (Lipinski definition) is 1. The first kappa shape index (κ1) is 21.7. The lowest BCUT2D eigenvalue weighted by Crippen LogP contribution is -2.29. The third kappa shape index (κ3) is 4.16. The average molecular weight is 445 g/mol. The van der Waals surface area contributed by atoms with Gasteiger partial charge in [0.25, 0.3) is 17.4 Å². The summed E-state index contributed by atoms with van der Waals surface area (Å²) in [5.41, 5.74) is 0.926. The van der Waals surface area contributed by atoms with Gasteiger partial charge in [-0.25, -0.2) is 0 Å². The Hall–Kier alpha value is -4.53. The van der Waals surface area contributed by atoms with Gasteiger partial charge in [0.2, 0.25) is 0 Å². The molecule has 0 aliphatic carbocycles. The predicted molar refractivity (Wildman–Crippen MR) is 118 cm³/mol. The molecule has 1 saturated heterocycles. The van der Waals surface area contributed by atoms with Crippen LogP contribution in [0.25, 0.3) is 5.76 Å². The van der Waals surface area contributed by atoms with E-state index in [0.29, 0.717) is 16.9 Å². The number of likely N-dealkylation sites (tertiary alicyclic amines) is 1. The molecule has 0 saturated carbocycles. The zero-order valence-electron chi connectivity index (χ0n) is 17.5. The van der Waals surface area contributed by atoms with Gasteiger partial charge in [0.1, 0.15) is 11.5 Å². The zero-order chi connectivity index (χ0) is 23.5. The Morgan fingerprint density at radius 1 is 1.15 bits per heavy atom. The van der Waals surface area contributed by atoms with Gasteiger partial charge in [0, 0.05) is 36.6 Å². The van der Waals surface area contributed by atoms with Crippen LogP contribution in [0.3, 0.4) is 0 Å². The number of benzene rings is 2. The Balaban J connectivity index is 1.90. The number of non-ortho nitro benzene ring substituents is 1. The Labute approximate surface area is 188 Å². The molecule has 0 spiro atoms. The third-order valence-electron chi connectivity index (χ3n) is 5.36. The van der Waals surface area contributed by atoms with Crippen LogP contribution in [0.1, 0.15) is 22.7 Å². The first-order valence-electron chi connectivity index (χ1n) is 9.97. The fourth-order valence-corrected chi connectivity index (χ4v) is 3.81. The Morgan fingerprint density at radius 3 is 2.64 bits per heavy atom. The maximum absolute atomic E-state index is 13.1. The molecular weight excluding hydrogens is 426 g/mol. The summed E-state index contributed by atoms with van der Waals surface area (Å²) in [5, 5.41) is 22.5. The zero-order valence-corrected chi connectivity index (χ0v) is 17.5. The maximum Gasteiger partial charge on any atom is 0.295 e. The molecule has 1 aromatic heterocycles. The van der Waals surface area contributed by atoms with Gasteiger partial charge in [-0.15, -0.1) is 0 Å². The number of Topliss-reactive ketones (excluding diaryl/α,β-unsaturated/α-hetero) is 1. The second-order valence-corrected chi connectivity index (χ2v) is 7.37. The number of nitrogens with zero attached hydrogens (tertiary/aromatic N) is 3. The van der Waals surface area contributed by atoms with E-state index in [2.05, 4.69) is 4.98 Å². The fourth-order valence-electron chi connectivity index (χ4n) is 3.81. The maximum atomic E-state index is 13.1. The molecule has 166 valence electrons. The Kier molecular flexibility index (Phi) is 5.86. The molecule has 1 amide bonds. The van der Waals surface area contributed by atoms with E-state index in [4.69, 9.17) is 4.74 Å². The number of pyridine rings is 1. The van der Waals surface area contributed by atoms with Gasteiger partial charge in [0.15, 0.2) is 0 Å². The van der Waals surface area contributed by atoms with E-state index in [1.165, 1.54) is 36.3 Å². The molecule has 0 bridgehead atoms. The topological polar surface area (TPSA) is 123 Å². The third-order valence-corrected chi connectivity index (χ3v) is 5.36. The van der Waals surface area contributed by atoms with E-state index in [1.807, 2.05) is 0 Å². The highest BCUT2D eigenvalue weighted by molar-refractivity contribution is 6.46. The van der Waals surface area contributed by atoms with Crippen LogP contribution in [-0.4, -0.2) is 38.7 Å². The summed E-state index contributed by atoms with van der Waals surface area (Å²) in [7, 11) is 1.47. The minimum atomic E-state index is -1.03. The van der Waals surface area contributed by atoms with Gasteiger partial charge in [0.05, 0.1) is 23.6 Å². The fraction of sp³-hybridized carbons (Fsp3) is 0.125. The van der Waals surface area contributed by atoms with E-state index < -0.39 is 28.4 Å². The Morgan fingerprint density at radius 2 is 1.94 bits per heavy atom. The molecule has 1 aliphatic heterocycles. The lowest BCUT2D eigenvalue weighted by Gasteiger charge is -2.25. The molecule has 1 atom stereocenters. The van der Waals surface area contributed by atoms with Gasteiger partial charge in [-0.3, -0.25) is 24.7 Å². The van der Waals surface area contributed by atoms with Crippen molar-refractivity contribution < 1.29 is 24.4 Å². The highest BCUT2D eigenvalue weighted by Crippen LogP contribution is 2.41. The molecule has 33 heavy (non-hydrogen) atoms. The van der Waals surface area contributed by atoms with Crippen molar-refractivity contribution in [1.82, 2.24) is 9.88 Å². The number of aliphatic hydroxyl groups is 1. The molecule has 1 N–H and O–H groups in total. The number of nitro benzene ring substituents is 1. The van der Waals surface area contributed by atoms with Gasteiger partial charge in [-0.2, -0.15) is 0 Å². The molecule has 3 aromatic rings. The average Bonchev–Trinajstić information content (AvgIpc) is 3.09. The minimum absolute atomic E-state index is 0.0284. The van der Waals surface area contributed by atoms with Crippen LogP contribution >= 0.6 is 0 Å². The normalized spacial score (nSPS) is 17.2. The first-order chi connectivity index (χ1) is 15.9. The number of nitro groups is 1. The molecule has 0 unspecified atom stereocenters. The molecule has 1 aliphatic rings. The summed E-state index contributed by atoms with van der Waals surface area (Å²) in [4.78, 5) is 42.2. The van der Waals surface area contributed by atoms with Crippen LogP contribution in [0, 0.1) is 10.1 Å². The number of ketones is 1. The van der Waals surface area contributed by atoms with E-state index >= 15 is 0 Å². The van der Waals surface area contributed by atoms with E-state index in [1.54, 1.807) is 48.8 Å². The van der Waals surface area contributed by atoms with Gasteiger partial charge in [-0.05, 0) is 29.3 Å². The summed E-state index contributed by atoms with van der Waals surface area (Å²) in [6, 6.07) is 14.5. The van der Waals surface area contributed by atoms with Crippen LogP contribution in [0.5, 0.6) is 5.75 Å². The smallest absolute Gasteiger partial charge is 0.295 e. The van der Waals surface area contributed by atoms with Crippen LogP contribution in [0.4, 0.5) is 5.69 Å². The standard InChI is InChI=1S/C24H19N3O6/c1-33-19-9-3-7-17(12-19)22(28)20-21(16-6-2-8-18(11-16)27(31)32)26(24(30)23(20)29)14-15-5-4-10-25-13-15/h2-13,21,28H,14H2,1H3/b22-20+/t21-/m1/s1. The SMILES string of the molecule is COc1cccc(/C(O)=C2\C(=O)C(=O)N(Cc3cccnc3)[C@@H]2c2cccc([N+](=O)[O-])c2)c1. The van der Waals surface area contributed by atoms with Crippen molar-refractivity contribution in [2.75, 3.05) is 7.11 Å². The molecule has 2 heterocycles. The lowest BCUT2D eigenvalue weighted by molar-refractivity contribution is -0.384. The molecule has 2 aromatic carbocycles. The quantitative estimate of drug-likeness (QED) is 0.202. The van der Waals surface area contributed by atoms with Crippen molar-refractivity contribution in [2.45, 2.75) is 12.6 Å². The molecule has 0 radical (unpaired) electrons. The number of ether oxygens (including phenoxy) is 1. The predicted octanol–water partition coefficient (Wildman–Crippen LogP) is 3.62. The molecular formula is C24H19N3O6. The number of carbonyl (C=O) groups is 2. The van der Waals surface area contributed by atoms with Crippen molar-refractivity contribution >= 4 is 23.1 Å². The van der Waals surface area contributed by atoms with Crippen LogP contribution < -0.4 is 4.74 Å². The number of hydrogen-bond acceptors (Lipinski definition) is 7. The van der Waals surface area contributed by atoms with Crippen molar-refractivity contribution in [3.8, 4) is 5.75 Å². The molecule has 9 nitrogen and oxygen atoms in total. The van der Waals surface area contributed by atoms with E-state index in [-0.39, 0.29) is 23.4 Å². The van der Waals surface area contributed by atoms with Crippen LogP contribution in [0.15, 0.2) is 78.6 Å². The van der Waals surface area contributed by atoms with Crippen molar-refractivity contribution in [3.63, 3.8) is 0 Å². The highest BCUT2D eigenvalue weighted by atomic mass is 16.6. The van der Waals surface area contributed by atoms with Crippen molar-refractivity contribution in [1.29, 1.82) is 0 Å². The summed E-state index contributed by atoms with van der Waals surface area (Å²) in [6.45, 7) is 0.0284. The van der Waals surface area contributed by atoms with E-state index in [9.17, 15) is 24.8 Å². The summed E-state index contributed by atoms with van der Waals surface area (Å²) in [5.74, 6) is -1.64. The summed E-state index contributed by atoms with van der Waals surface area (Å²) >= 11 is 0. The second-order valence-electron chi connectivity index (χ2n) is 7.37. The monoisotopic (exact) mass is 445 g/mol. The number of aliphatic hydroxyl groups excluding tert-OH is 1. The molecule has 4 rings (SSSR count). The summed E-state index contributed by atoms with van der Waals surface area (Å²) in [6.07, 6.45) is 3.14. The largest absolute Gasteiger partial charge is 0.507 e. The number of methoxy groups -OCH3 is 1. The number of aromatic nitrogens is 1. The van der Waals surface area contributed by atoms with E-state index in [0.717, 1.165) is 0 Å². The second kappa shape index (κ2) is 8.91. The first-order valence-corrected chi connectivity index (χ1v) is 9.97. The Bertz CT molecular complexity index is 1270. The molecule has 9 heteroatoms. The van der Waals surface area contributed by atoms with Crippen molar-refractivity contribution in [2.24, 2.45) is 0 Å².